The van der Waals surface area contributed by atoms with E-state index in [0.29, 0.717) is 23.9 Å². The summed E-state index contributed by atoms with van der Waals surface area (Å²) in [5.41, 5.74) is 4.36. The number of amides is 4. The minimum absolute atomic E-state index is 0.0769. The van der Waals surface area contributed by atoms with Crippen molar-refractivity contribution in [2.75, 3.05) is 59.7 Å². The highest BCUT2D eigenvalue weighted by molar-refractivity contribution is 5.90. The number of carbonyl (C=O) groups excluding carboxylic acids is 2. The van der Waals surface area contributed by atoms with Gasteiger partial charge in [-0.3, -0.25) is 0 Å². The van der Waals surface area contributed by atoms with E-state index in [1.54, 1.807) is 0 Å². The molecule has 0 aromatic heterocycles. The molecule has 56 heavy (non-hydrogen) atoms. The average Bonchev–Trinajstić information content (AvgIpc) is 3.21. The van der Waals surface area contributed by atoms with Crippen LogP contribution < -0.4 is 20.4 Å². The molecule has 0 bridgehead atoms. The van der Waals surface area contributed by atoms with E-state index in [4.69, 9.17) is 0 Å². The first-order chi connectivity index (χ1) is 27.6. The summed E-state index contributed by atoms with van der Waals surface area (Å²) >= 11 is 0. The molecule has 4 amide bonds. The fraction of sp³-hybridized carbons (Fsp3) is 0.708. The van der Waals surface area contributed by atoms with Crippen molar-refractivity contribution in [1.82, 2.24) is 9.80 Å². The highest BCUT2D eigenvalue weighted by Gasteiger charge is 2.33. The third-order valence-electron chi connectivity index (χ3n) is 14.1. The topological polar surface area (TPSA) is 71.2 Å². The van der Waals surface area contributed by atoms with E-state index in [1.807, 2.05) is 0 Å². The summed E-state index contributed by atoms with van der Waals surface area (Å²) in [6, 6.07) is 18.1. The Morgan fingerprint density at radius 2 is 0.732 bits per heavy atom. The molecule has 0 spiro atoms. The second-order valence-corrected chi connectivity index (χ2v) is 18.2. The van der Waals surface area contributed by atoms with Crippen LogP contribution in [0.3, 0.4) is 0 Å². The van der Waals surface area contributed by atoms with Crippen molar-refractivity contribution >= 4 is 34.8 Å². The van der Waals surface area contributed by atoms with Crippen LogP contribution in [0, 0.1) is 11.8 Å². The van der Waals surface area contributed by atoms with Crippen LogP contribution in [0.15, 0.2) is 48.5 Å². The molecular weight excluding hydrogens is 693 g/mol. The highest BCUT2D eigenvalue weighted by atomic mass is 16.2. The molecule has 2 N–H and O–H groups in total. The lowest BCUT2D eigenvalue weighted by atomic mass is 9.80. The molecule has 0 atom stereocenters. The first-order valence-corrected chi connectivity index (χ1v) is 23.4. The standard InChI is InChI=1S/C48H74N6O2/c55-47(49-41-25-29-43(30-26-41)51-33-13-3-1-4-14-34-51)53(45-17-9-7-10-18-45)37-39-21-23-40(24-22-39)38-54(46-19-11-8-12-20-46)48(56)50-42-27-31-44(32-28-42)52-35-15-5-2-6-16-36-52/h25-32,39-40,45-46H,1-24,33-38H2,(H,49,55)(H,50,56). The maximum Gasteiger partial charge on any atom is 0.322 e. The SMILES string of the molecule is O=C(Nc1ccc(N2CCCCCCC2)cc1)N(CC1CCC(CN(C(=O)Nc2ccc(N3CCCCCCC3)cc2)C2CCCCC2)CC1)C1CCCCC1. The van der Waals surface area contributed by atoms with Crippen LogP contribution in [0.4, 0.5) is 32.3 Å². The van der Waals surface area contributed by atoms with Gasteiger partial charge in [-0.2, -0.15) is 0 Å². The van der Waals surface area contributed by atoms with E-state index in [0.717, 1.165) is 102 Å². The van der Waals surface area contributed by atoms with Crippen LogP contribution in [-0.4, -0.2) is 73.2 Å². The van der Waals surface area contributed by atoms with Gasteiger partial charge in [0.15, 0.2) is 0 Å². The van der Waals surface area contributed by atoms with Crippen molar-refractivity contribution in [3.63, 3.8) is 0 Å². The molecular formula is C48H74N6O2. The van der Waals surface area contributed by atoms with Crippen molar-refractivity contribution in [2.24, 2.45) is 11.8 Å². The molecule has 2 aromatic rings. The molecule has 8 heteroatoms. The lowest BCUT2D eigenvalue weighted by Gasteiger charge is -2.40. The van der Waals surface area contributed by atoms with Crippen molar-refractivity contribution in [3.8, 4) is 0 Å². The number of nitrogens with one attached hydrogen (secondary N) is 2. The molecule has 0 unspecified atom stereocenters. The maximum atomic E-state index is 14.0. The van der Waals surface area contributed by atoms with Crippen LogP contribution in [0.5, 0.6) is 0 Å². The Morgan fingerprint density at radius 1 is 0.429 bits per heavy atom. The van der Waals surface area contributed by atoms with E-state index >= 15 is 0 Å². The van der Waals surface area contributed by atoms with Gasteiger partial charge in [0.2, 0.25) is 0 Å². The number of carbonyl (C=O) groups is 2. The maximum absolute atomic E-state index is 14.0. The van der Waals surface area contributed by atoms with Gasteiger partial charge in [-0.1, -0.05) is 77.0 Å². The van der Waals surface area contributed by atoms with E-state index < -0.39 is 0 Å². The number of anilines is 4. The van der Waals surface area contributed by atoms with Gasteiger partial charge in [0, 0.05) is 74.1 Å². The molecule has 5 aliphatic rings. The van der Waals surface area contributed by atoms with Gasteiger partial charge in [-0.05, 0) is 137 Å². The van der Waals surface area contributed by atoms with Crippen LogP contribution in [0.25, 0.3) is 0 Å². The number of benzene rings is 2. The molecule has 3 aliphatic carbocycles. The highest BCUT2D eigenvalue weighted by Crippen LogP contribution is 2.34. The number of hydrogen-bond acceptors (Lipinski definition) is 4. The minimum Gasteiger partial charge on any atom is -0.372 e. The monoisotopic (exact) mass is 767 g/mol. The number of nitrogens with zero attached hydrogens (tertiary/aromatic N) is 4. The van der Waals surface area contributed by atoms with E-state index in [9.17, 15) is 9.59 Å². The number of urea groups is 2. The van der Waals surface area contributed by atoms with Gasteiger partial charge in [0.25, 0.3) is 0 Å². The molecule has 7 rings (SSSR count). The van der Waals surface area contributed by atoms with Gasteiger partial charge in [-0.15, -0.1) is 0 Å². The third kappa shape index (κ3) is 11.8. The van der Waals surface area contributed by atoms with Crippen molar-refractivity contribution in [3.05, 3.63) is 48.5 Å². The van der Waals surface area contributed by atoms with E-state index in [2.05, 4.69) is 78.8 Å². The molecule has 2 saturated heterocycles. The molecule has 5 fully saturated rings. The van der Waals surface area contributed by atoms with Crippen LogP contribution >= 0.6 is 0 Å². The van der Waals surface area contributed by atoms with Crippen LogP contribution in [0.1, 0.15) is 154 Å². The largest absolute Gasteiger partial charge is 0.372 e. The molecule has 8 nitrogen and oxygen atoms in total. The smallest absolute Gasteiger partial charge is 0.322 e. The third-order valence-corrected chi connectivity index (χ3v) is 14.1. The number of rotatable bonds is 10. The Bertz CT molecular complexity index is 1330. The zero-order chi connectivity index (χ0) is 38.4. The molecule has 2 aliphatic heterocycles. The Labute approximate surface area is 339 Å². The summed E-state index contributed by atoms with van der Waals surface area (Å²) in [5.74, 6) is 1.02. The average molecular weight is 767 g/mol. The van der Waals surface area contributed by atoms with Gasteiger partial charge >= 0.3 is 12.1 Å². The van der Waals surface area contributed by atoms with Crippen LogP contribution in [0.2, 0.25) is 0 Å². The molecule has 2 heterocycles. The lowest BCUT2D eigenvalue weighted by molar-refractivity contribution is 0.117. The van der Waals surface area contributed by atoms with Gasteiger partial charge in [0.1, 0.15) is 0 Å². The van der Waals surface area contributed by atoms with Gasteiger partial charge < -0.3 is 30.2 Å². The summed E-state index contributed by atoms with van der Waals surface area (Å²) in [6.07, 6.45) is 29.5. The van der Waals surface area contributed by atoms with Crippen molar-refractivity contribution in [1.29, 1.82) is 0 Å². The van der Waals surface area contributed by atoms with E-state index in [-0.39, 0.29) is 12.1 Å². The Balaban J connectivity index is 0.932. The summed E-state index contributed by atoms with van der Waals surface area (Å²) in [4.78, 5) is 37.6. The fourth-order valence-electron chi connectivity index (χ4n) is 10.6. The Kier molecular flexibility index (Phi) is 15.6. The second-order valence-electron chi connectivity index (χ2n) is 18.2. The van der Waals surface area contributed by atoms with Crippen molar-refractivity contribution in [2.45, 2.75) is 166 Å². The zero-order valence-electron chi connectivity index (χ0n) is 34.7. The minimum atomic E-state index is 0.0769. The summed E-state index contributed by atoms with van der Waals surface area (Å²) in [5, 5.41) is 6.65. The second kappa shape index (κ2) is 21.4. The van der Waals surface area contributed by atoms with Crippen molar-refractivity contribution < 1.29 is 9.59 Å². The quantitative estimate of drug-likeness (QED) is 0.253. The lowest BCUT2D eigenvalue weighted by Crippen LogP contribution is -2.48. The van der Waals surface area contributed by atoms with Crippen LogP contribution in [-0.2, 0) is 0 Å². The summed E-state index contributed by atoms with van der Waals surface area (Å²) in [7, 11) is 0. The summed E-state index contributed by atoms with van der Waals surface area (Å²) < 4.78 is 0. The first kappa shape index (κ1) is 40.8. The normalized spacial score (nSPS) is 23.6. The molecule has 0 radical (unpaired) electrons. The zero-order valence-corrected chi connectivity index (χ0v) is 34.7. The summed E-state index contributed by atoms with van der Waals surface area (Å²) in [6.45, 7) is 6.20. The first-order valence-electron chi connectivity index (χ1n) is 23.4. The van der Waals surface area contributed by atoms with E-state index in [1.165, 1.54) is 114 Å². The predicted molar refractivity (Wildman–Crippen MR) is 234 cm³/mol. The predicted octanol–water partition coefficient (Wildman–Crippen LogP) is 12.1. The fourth-order valence-corrected chi connectivity index (χ4v) is 10.6. The Morgan fingerprint density at radius 3 is 1.07 bits per heavy atom. The molecule has 308 valence electrons. The molecule has 3 saturated carbocycles. The number of hydrogen-bond donors (Lipinski definition) is 2. The van der Waals surface area contributed by atoms with Gasteiger partial charge in [0.05, 0.1) is 0 Å². The Hall–Kier alpha value is -3.42. The molecule has 2 aromatic carbocycles. The van der Waals surface area contributed by atoms with Gasteiger partial charge in [-0.25, -0.2) is 9.59 Å².